The summed E-state index contributed by atoms with van der Waals surface area (Å²) in [5.41, 5.74) is -0.777. The summed E-state index contributed by atoms with van der Waals surface area (Å²) in [6, 6.07) is 0. The second-order valence-electron chi connectivity index (χ2n) is 4.26. The smallest absolute Gasteiger partial charge is 0.220 e. The molecule has 0 spiro atoms. The Kier molecular flexibility index (Phi) is 6.09. The van der Waals surface area contributed by atoms with Gasteiger partial charge >= 0.3 is 0 Å². The quantitative estimate of drug-likeness (QED) is 0.547. The average molecular weight is 250 g/mol. The Hall–Kier alpha value is -0.320. The van der Waals surface area contributed by atoms with Gasteiger partial charge < -0.3 is 15.2 Å². The lowest BCUT2D eigenvalue weighted by molar-refractivity contribution is -0.124. The zero-order chi connectivity index (χ0) is 11.9. The summed E-state index contributed by atoms with van der Waals surface area (Å²) in [4.78, 5) is 11.4. The Balaban J connectivity index is 2.14. The van der Waals surface area contributed by atoms with Gasteiger partial charge in [0.2, 0.25) is 5.91 Å². The van der Waals surface area contributed by atoms with Crippen molar-refractivity contribution in [1.82, 2.24) is 5.32 Å². The van der Waals surface area contributed by atoms with Crippen molar-refractivity contribution >= 4 is 17.5 Å². The Morgan fingerprint density at radius 1 is 1.38 bits per heavy atom. The number of ether oxygens (including phenoxy) is 1. The fraction of sp³-hybridized carbons (Fsp3) is 0.909. The second kappa shape index (κ2) is 7.09. The van der Waals surface area contributed by atoms with Gasteiger partial charge in [0.25, 0.3) is 0 Å². The summed E-state index contributed by atoms with van der Waals surface area (Å²) in [6.45, 7) is 1.47. The third-order valence-electron chi connectivity index (χ3n) is 2.83. The van der Waals surface area contributed by atoms with Gasteiger partial charge in [-0.25, -0.2) is 0 Å². The van der Waals surface area contributed by atoms with Crippen LogP contribution in [0.3, 0.4) is 0 Å². The standard InChI is InChI=1S/C11H20ClNO3/c12-6-2-1-3-10(14)13-9-11(15)4-7-16-8-5-11/h15H,1-9H2,(H,13,14). The molecule has 1 aliphatic heterocycles. The highest BCUT2D eigenvalue weighted by molar-refractivity contribution is 6.17. The zero-order valence-corrected chi connectivity index (χ0v) is 10.3. The third kappa shape index (κ3) is 5.14. The van der Waals surface area contributed by atoms with E-state index in [1.807, 2.05) is 0 Å². The number of hydrogen-bond acceptors (Lipinski definition) is 3. The number of carbonyl (C=O) groups excluding carboxylic acids is 1. The molecule has 0 saturated carbocycles. The summed E-state index contributed by atoms with van der Waals surface area (Å²) >= 11 is 5.52. The van der Waals surface area contributed by atoms with Crippen LogP contribution in [-0.4, -0.2) is 42.3 Å². The predicted octanol–water partition coefficient (Wildman–Crippen LogP) is 1.05. The van der Waals surface area contributed by atoms with Crippen molar-refractivity contribution in [3.8, 4) is 0 Å². The molecular weight excluding hydrogens is 230 g/mol. The van der Waals surface area contributed by atoms with E-state index in [0.717, 1.165) is 12.8 Å². The molecule has 0 aromatic heterocycles. The zero-order valence-electron chi connectivity index (χ0n) is 9.51. The number of aliphatic hydroxyl groups is 1. The molecule has 1 saturated heterocycles. The van der Waals surface area contributed by atoms with Crippen LogP contribution in [0.15, 0.2) is 0 Å². The number of halogens is 1. The summed E-state index contributed by atoms with van der Waals surface area (Å²) in [5.74, 6) is 0.583. The molecule has 1 rings (SSSR count). The van der Waals surface area contributed by atoms with Gasteiger partial charge in [-0.3, -0.25) is 4.79 Å². The molecule has 1 aliphatic rings. The maximum Gasteiger partial charge on any atom is 0.220 e. The Morgan fingerprint density at radius 2 is 2.06 bits per heavy atom. The summed E-state index contributed by atoms with van der Waals surface area (Å²) in [5, 5.41) is 12.8. The predicted molar refractivity (Wildman–Crippen MR) is 62.6 cm³/mol. The van der Waals surface area contributed by atoms with E-state index in [2.05, 4.69) is 5.32 Å². The first-order valence-corrected chi connectivity index (χ1v) is 6.32. The molecule has 0 aromatic carbocycles. The lowest BCUT2D eigenvalue weighted by atomic mass is 9.94. The topological polar surface area (TPSA) is 58.6 Å². The monoisotopic (exact) mass is 249 g/mol. The van der Waals surface area contributed by atoms with Crippen molar-refractivity contribution in [1.29, 1.82) is 0 Å². The number of rotatable bonds is 6. The third-order valence-corrected chi connectivity index (χ3v) is 3.09. The van der Waals surface area contributed by atoms with Gasteiger partial charge in [0, 0.05) is 44.9 Å². The molecule has 0 aliphatic carbocycles. The lowest BCUT2D eigenvalue weighted by Crippen LogP contribution is -2.46. The van der Waals surface area contributed by atoms with Gasteiger partial charge in [0.05, 0.1) is 5.60 Å². The van der Waals surface area contributed by atoms with Crippen LogP contribution < -0.4 is 5.32 Å². The van der Waals surface area contributed by atoms with E-state index in [1.165, 1.54) is 0 Å². The van der Waals surface area contributed by atoms with Crippen molar-refractivity contribution in [3.05, 3.63) is 0 Å². The SMILES string of the molecule is O=C(CCCCCl)NCC1(O)CCOCC1. The Morgan fingerprint density at radius 3 is 2.69 bits per heavy atom. The first-order chi connectivity index (χ1) is 7.66. The van der Waals surface area contributed by atoms with Crippen LogP contribution in [-0.2, 0) is 9.53 Å². The Bertz CT molecular complexity index is 217. The van der Waals surface area contributed by atoms with E-state index in [-0.39, 0.29) is 5.91 Å². The van der Waals surface area contributed by atoms with Gasteiger partial charge in [0.15, 0.2) is 0 Å². The summed E-state index contributed by atoms with van der Waals surface area (Å²) < 4.78 is 5.16. The van der Waals surface area contributed by atoms with Crippen molar-refractivity contribution in [3.63, 3.8) is 0 Å². The van der Waals surface area contributed by atoms with Crippen molar-refractivity contribution in [2.24, 2.45) is 0 Å². The van der Waals surface area contributed by atoms with Crippen LogP contribution in [0.2, 0.25) is 0 Å². The van der Waals surface area contributed by atoms with Gasteiger partial charge in [-0.1, -0.05) is 0 Å². The molecule has 0 bridgehead atoms. The molecular formula is C11H20ClNO3. The van der Waals surface area contributed by atoms with Crippen molar-refractivity contribution < 1.29 is 14.6 Å². The molecule has 94 valence electrons. The normalized spacial score (nSPS) is 19.4. The molecule has 0 aromatic rings. The highest BCUT2D eigenvalue weighted by atomic mass is 35.5. The minimum Gasteiger partial charge on any atom is -0.388 e. The first-order valence-electron chi connectivity index (χ1n) is 5.79. The maximum absolute atomic E-state index is 11.4. The van der Waals surface area contributed by atoms with Gasteiger partial charge in [0.1, 0.15) is 0 Å². The van der Waals surface area contributed by atoms with E-state index in [9.17, 15) is 9.90 Å². The number of unbranched alkanes of at least 4 members (excludes halogenated alkanes) is 1. The van der Waals surface area contributed by atoms with Gasteiger partial charge in [-0.2, -0.15) is 0 Å². The highest BCUT2D eigenvalue weighted by Crippen LogP contribution is 2.19. The minimum atomic E-state index is -0.777. The van der Waals surface area contributed by atoms with E-state index in [1.54, 1.807) is 0 Å². The van der Waals surface area contributed by atoms with E-state index >= 15 is 0 Å². The average Bonchev–Trinajstić information content (AvgIpc) is 2.28. The number of nitrogens with one attached hydrogen (secondary N) is 1. The van der Waals surface area contributed by atoms with Crippen molar-refractivity contribution in [2.45, 2.75) is 37.7 Å². The fourth-order valence-electron chi connectivity index (χ4n) is 1.66. The lowest BCUT2D eigenvalue weighted by Gasteiger charge is -2.32. The highest BCUT2D eigenvalue weighted by Gasteiger charge is 2.29. The van der Waals surface area contributed by atoms with Crippen LogP contribution in [0.5, 0.6) is 0 Å². The van der Waals surface area contributed by atoms with Crippen LogP contribution >= 0.6 is 11.6 Å². The molecule has 16 heavy (non-hydrogen) atoms. The van der Waals surface area contributed by atoms with Crippen molar-refractivity contribution in [2.75, 3.05) is 25.6 Å². The second-order valence-corrected chi connectivity index (χ2v) is 4.64. The molecule has 0 atom stereocenters. The minimum absolute atomic E-state index is 0.00923. The maximum atomic E-state index is 11.4. The van der Waals surface area contributed by atoms with Crippen LogP contribution in [0.4, 0.5) is 0 Å². The molecule has 5 heteroatoms. The van der Waals surface area contributed by atoms with E-state index in [4.69, 9.17) is 16.3 Å². The molecule has 1 amide bonds. The molecule has 4 nitrogen and oxygen atoms in total. The molecule has 0 radical (unpaired) electrons. The Labute approximate surface area is 101 Å². The van der Waals surface area contributed by atoms with Crippen LogP contribution in [0.25, 0.3) is 0 Å². The number of amides is 1. The van der Waals surface area contributed by atoms with Gasteiger partial charge in [-0.15, -0.1) is 11.6 Å². The fourth-order valence-corrected chi connectivity index (χ4v) is 1.85. The summed E-state index contributed by atoms with van der Waals surface area (Å²) in [7, 11) is 0. The summed E-state index contributed by atoms with van der Waals surface area (Å²) in [6.07, 6.45) is 3.33. The van der Waals surface area contributed by atoms with Gasteiger partial charge in [-0.05, 0) is 12.8 Å². The largest absolute Gasteiger partial charge is 0.388 e. The molecule has 0 unspecified atom stereocenters. The number of carbonyl (C=O) groups is 1. The first kappa shape index (κ1) is 13.7. The van der Waals surface area contributed by atoms with E-state index in [0.29, 0.717) is 44.9 Å². The van der Waals surface area contributed by atoms with E-state index < -0.39 is 5.60 Å². The molecule has 2 N–H and O–H groups in total. The number of hydrogen-bond donors (Lipinski definition) is 2. The molecule has 1 fully saturated rings. The van der Waals surface area contributed by atoms with Crippen LogP contribution in [0, 0.1) is 0 Å². The molecule has 1 heterocycles. The number of alkyl halides is 1. The van der Waals surface area contributed by atoms with Crippen LogP contribution in [0.1, 0.15) is 32.1 Å².